The Morgan fingerprint density at radius 2 is 1.39 bits per heavy atom. The Balaban J connectivity index is 1.51. The van der Waals surface area contributed by atoms with Gasteiger partial charge in [-0.15, -0.1) is 0 Å². The van der Waals surface area contributed by atoms with Crippen LogP contribution in [0.5, 0.6) is 0 Å². The number of aryl methyl sites for hydroxylation is 1. The van der Waals surface area contributed by atoms with Crippen LogP contribution >= 0.6 is 0 Å². The van der Waals surface area contributed by atoms with E-state index in [-0.39, 0.29) is 5.91 Å². The van der Waals surface area contributed by atoms with Crippen molar-refractivity contribution < 1.29 is 4.79 Å². The molecule has 7 nitrogen and oxygen atoms in total. The topological polar surface area (TPSA) is 57.5 Å². The van der Waals surface area contributed by atoms with Crippen molar-refractivity contribution in [3.63, 3.8) is 0 Å². The number of nitrogens with zero attached hydrogens (tertiary/aromatic N) is 6. The van der Waals surface area contributed by atoms with Crippen LogP contribution in [0.4, 0.5) is 11.8 Å². The largest absolute Gasteiger partial charge is 0.356 e. The Morgan fingerprint density at radius 1 is 0.742 bits per heavy atom. The molecule has 0 radical (unpaired) electrons. The monoisotopic (exact) mass is 427 g/mol. The maximum atomic E-state index is 13.2. The number of carbonyl (C=O) groups is 1. The van der Waals surface area contributed by atoms with Crippen LogP contribution < -0.4 is 9.80 Å². The van der Waals surface area contributed by atoms with E-state index >= 15 is 0 Å². The van der Waals surface area contributed by atoms with Gasteiger partial charge in [0.2, 0.25) is 11.9 Å². The van der Waals surface area contributed by atoms with Crippen LogP contribution in [-0.4, -0.2) is 64.6 Å². The molecular formula is C24H34N6O. The van der Waals surface area contributed by atoms with Gasteiger partial charge in [-0.05, 0) is 69.8 Å². The van der Waals surface area contributed by atoms with E-state index in [1.807, 2.05) is 4.90 Å². The highest BCUT2D eigenvalue weighted by molar-refractivity contribution is 5.95. The van der Waals surface area contributed by atoms with E-state index in [0.717, 1.165) is 82.4 Å². The molecule has 0 spiro atoms. The Bertz CT molecular complexity index is 980. The summed E-state index contributed by atoms with van der Waals surface area (Å²) in [4.78, 5) is 30.4. The number of fused-ring (bicyclic) bond motifs is 3. The third kappa shape index (κ3) is 3.37. The van der Waals surface area contributed by atoms with Gasteiger partial charge in [-0.2, -0.15) is 9.97 Å². The molecule has 1 aliphatic carbocycles. The average molecular weight is 428 g/mol. The molecule has 3 fully saturated rings. The van der Waals surface area contributed by atoms with E-state index in [0.29, 0.717) is 6.54 Å². The summed E-state index contributed by atoms with van der Waals surface area (Å²) in [7, 11) is 0. The first-order valence-corrected chi connectivity index (χ1v) is 12.5. The minimum Gasteiger partial charge on any atom is -0.356 e. The summed E-state index contributed by atoms with van der Waals surface area (Å²) in [5.74, 6) is 2.26. The quantitative estimate of drug-likeness (QED) is 0.750. The number of hydrogen-bond donors (Lipinski definition) is 0. The van der Waals surface area contributed by atoms with Gasteiger partial charge in [0.1, 0.15) is 18.0 Å². The summed E-state index contributed by atoms with van der Waals surface area (Å²) in [5.41, 5.74) is 3.78. The highest BCUT2D eigenvalue weighted by Gasteiger charge is 2.30. The average Bonchev–Trinajstić information content (AvgIpc) is 3.61. The molecule has 0 aromatic carbocycles. The van der Waals surface area contributed by atoms with Crippen molar-refractivity contribution in [2.75, 3.05) is 49.1 Å². The summed E-state index contributed by atoms with van der Waals surface area (Å²) in [6.07, 6.45) is 11.7. The maximum absolute atomic E-state index is 13.2. The number of anilines is 2. The fraction of sp³-hybridized carbons (Fsp3) is 0.708. The second-order valence-electron chi connectivity index (χ2n) is 9.74. The van der Waals surface area contributed by atoms with Gasteiger partial charge in [-0.1, -0.05) is 0 Å². The third-order valence-corrected chi connectivity index (χ3v) is 7.73. The predicted molar refractivity (Wildman–Crippen MR) is 123 cm³/mol. The molecule has 1 amide bonds. The van der Waals surface area contributed by atoms with Crippen molar-refractivity contribution >= 4 is 28.7 Å². The van der Waals surface area contributed by atoms with Crippen LogP contribution in [0.3, 0.4) is 0 Å². The summed E-state index contributed by atoms with van der Waals surface area (Å²) in [6.45, 7) is 6.49. The van der Waals surface area contributed by atoms with E-state index in [2.05, 4.69) is 14.4 Å². The van der Waals surface area contributed by atoms with Crippen molar-refractivity contribution in [1.82, 2.24) is 19.4 Å². The molecule has 0 saturated carbocycles. The molecule has 7 heteroatoms. The van der Waals surface area contributed by atoms with Gasteiger partial charge >= 0.3 is 0 Å². The van der Waals surface area contributed by atoms with Gasteiger partial charge in [-0.25, -0.2) is 0 Å². The van der Waals surface area contributed by atoms with Crippen LogP contribution in [0.2, 0.25) is 0 Å². The fourth-order valence-electron chi connectivity index (χ4n) is 6.06. The Kier molecular flexibility index (Phi) is 4.99. The normalized spacial score (nSPS) is 21.5. The van der Waals surface area contributed by atoms with E-state index in [1.54, 1.807) is 0 Å². The molecular weight excluding hydrogens is 393 g/mol. The number of carbonyl (C=O) groups excluding carboxylic acids is 1. The lowest BCUT2D eigenvalue weighted by Gasteiger charge is -2.22. The summed E-state index contributed by atoms with van der Waals surface area (Å²) in [6, 6.07) is 0. The zero-order valence-electron chi connectivity index (χ0n) is 18.6. The number of hydrogen-bond acceptors (Lipinski definition) is 5. The molecule has 31 heavy (non-hydrogen) atoms. The number of rotatable bonds is 4. The molecule has 3 aliphatic heterocycles. The highest BCUT2D eigenvalue weighted by atomic mass is 16.2. The van der Waals surface area contributed by atoms with Gasteiger partial charge in [0.15, 0.2) is 0 Å². The smallest absolute Gasteiger partial charge is 0.242 e. The van der Waals surface area contributed by atoms with Crippen molar-refractivity contribution in [2.24, 2.45) is 0 Å². The molecule has 2 aromatic heterocycles. The third-order valence-electron chi connectivity index (χ3n) is 7.73. The zero-order valence-corrected chi connectivity index (χ0v) is 18.6. The van der Waals surface area contributed by atoms with Gasteiger partial charge in [0.25, 0.3) is 0 Å². The van der Waals surface area contributed by atoms with E-state index in [1.165, 1.54) is 55.2 Å². The van der Waals surface area contributed by atoms with Gasteiger partial charge in [0, 0.05) is 45.0 Å². The van der Waals surface area contributed by atoms with Crippen molar-refractivity contribution in [1.29, 1.82) is 0 Å². The summed E-state index contributed by atoms with van der Waals surface area (Å²) in [5, 5.41) is 1.24. The molecule has 6 rings (SSSR count). The molecule has 4 aliphatic rings. The number of aromatic nitrogens is 3. The van der Waals surface area contributed by atoms with Crippen LogP contribution in [0.25, 0.3) is 11.0 Å². The molecule has 5 heterocycles. The lowest BCUT2D eigenvalue weighted by Crippen LogP contribution is -2.32. The Morgan fingerprint density at radius 3 is 2.13 bits per heavy atom. The molecule has 0 N–H and O–H groups in total. The second-order valence-corrected chi connectivity index (χ2v) is 9.74. The van der Waals surface area contributed by atoms with E-state index in [9.17, 15) is 4.79 Å². The van der Waals surface area contributed by atoms with Gasteiger partial charge in [0.05, 0.1) is 5.39 Å². The zero-order chi connectivity index (χ0) is 20.8. The molecule has 0 bridgehead atoms. The van der Waals surface area contributed by atoms with Gasteiger partial charge in [-0.3, -0.25) is 4.79 Å². The molecule has 0 atom stereocenters. The fourth-order valence-corrected chi connectivity index (χ4v) is 6.06. The van der Waals surface area contributed by atoms with Crippen LogP contribution in [0.15, 0.2) is 0 Å². The minimum absolute atomic E-state index is 0.256. The van der Waals surface area contributed by atoms with Crippen molar-refractivity contribution in [2.45, 2.75) is 70.8 Å². The first kappa shape index (κ1) is 19.4. The lowest BCUT2D eigenvalue weighted by atomic mass is 9.97. The second kappa shape index (κ2) is 7.99. The molecule has 0 unspecified atom stereocenters. The molecule has 3 saturated heterocycles. The van der Waals surface area contributed by atoms with Crippen molar-refractivity contribution in [3.05, 3.63) is 11.3 Å². The SMILES string of the molecule is O=C(Cn1c2c(c3[13c](N4CCCC4)[15n][13c](N4CCCC4)[15n][13c]31)CCCC2)N1CCCC1. The van der Waals surface area contributed by atoms with E-state index in [4.69, 9.17) is 9.97 Å². The predicted octanol–water partition coefficient (Wildman–Crippen LogP) is 3.13. The van der Waals surface area contributed by atoms with Crippen LogP contribution in [-0.2, 0) is 24.2 Å². The van der Waals surface area contributed by atoms with Crippen molar-refractivity contribution in [3.8, 4) is 0 Å². The maximum Gasteiger partial charge on any atom is 0.242 e. The molecule has 2 aromatic rings. The van der Waals surface area contributed by atoms with E-state index < -0.39 is 0 Å². The van der Waals surface area contributed by atoms with Gasteiger partial charge < -0.3 is 19.3 Å². The van der Waals surface area contributed by atoms with Crippen LogP contribution in [0, 0.1) is 0 Å². The standard InChI is InChI=1S/C24H34N6O/c31-20(27-11-3-4-12-27)17-30-19-10-2-1-9-18(19)21-22(28-13-5-6-14-28)25-24(26-23(21)30)29-15-7-8-16-29/h1-17H2/i22+1,23+1,24+1,25+1,26+1. The number of likely N-dealkylation sites (tertiary alicyclic amines) is 1. The Hall–Kier alpha value is -2.31. The minimum atomic E-state index is 0.256. The number of amides is 1. The first-order chi connectivity index (χ1) is 15.3. The highest BCUT2D eigenvalue weighted by Crippen LogP contribution is 2.39. The summed E-state index contributed by atoms with van der Waals surface area (Å²) >= 11 is 0. The first-order valence-electron chi connectivity index (χ1n) is 12.5. The lowest BCUT2D eigenvalue weighted by molar-refractivity contribution is -0.130. The molecule has 166 valence electrons. The van der Waals surface area contributed by atoms with Crippen LogP contribution in [0.1, 0.15) is 62.6 Å². The summed E-state index contributed by atoms with van der Waals surface area (Å²) < 4.78 is 2.28. The Labute approximate surface area is 184 Å².